The van der Waals surface area contributed by atoms with Crippen molar-refractivity contribution in [2.24, 2.45) is 0 Å². The van der Waals surface area contributed by atoms with Crippen molar-refractivity contribution >= 4 is 11.4 Å². The van der Waals surface area contributed by atoms with Gasteiger partial charge in [-0.3, -0.25) is 0 Å². The van der Waals surface area contributed by atoms with Gasteiger partial charge in [-0.15, -0.1) is 0 Å². The van der Waals surface area contributed by atoms with E-state index in [0.717, 1.165) is 19.8 Å². The minimum Gasteiger partial charge on any atom is -0.352 e. The lowest BCUT2D eigenvalue weighted by Crippen LogP contribution is -2.33. The summed E-state index contributed by atoms with van der Waals surface area (Å²) in [6.07, 6.45) is 0. The molecule has 33 heavy (non-hydrogen) atoms. The zero-order chi connectivity index (χ0) is 25.0. The van der Waals surface area contributed by atoms with E-state index in [0.29, 0.717) is 0 Å². The zero-order valence-electron chi connectivity index (χ0n) is 23.5. The predicted octanol–water partition coefficient (Wildman–Crippen LogP) is 8.16. The summed E-state index contributed by atoms with van der Waals surface area (Å²) in [5, 5.41) is 0. The molecule has 0 saturated carbocycles. The van der Waals surface area contributed by atoms with Crippen LogP contribution in [0.4, 0.5) is 11.4 Å². The van der Waals surface area contributed by atoms with Gasteiger partial charge in [0.2, 0.25) is 0 Å². The minimum atomic E-state index is 0.101. The Morgan fingerprint density at radius 3 is 0.909 bits per heavy atom. The van der Waals surface area contributed by atoms with Gasteiger partial charge >= 0.3 is 0 Å². The number of hydrogen-bond donors (Lipinski definition) is 0. The molecule has 1 saturated heterocycles. The van der Waals surface area contributed by atoms with Gasteiger partial charge in [-0.1, -0.05) is 119 Å². The topological polar surface area (TPSA) is 6.48 Å². The maximum atomic E-state index is 2.65. The number of para-hydroxylation sites is 2. The van der Waals surface area contributed by atoms with E-state index in [1.807, 2.05) is 0 Å². The highest BCUT2D eigenvalue weighted by atomic mass is 15.4. The molecule has 0 atom stereocenters. The van der Waals surface area contributed by atoms with Gasteiger partial charge in [-0.2, -0.15) is 0 Å². The Morgan fingerprint density at radius 1 is 0.455 bits per heavy atom. The molecule has 1 fully saturated rings. The highest BCUT2D eigenvalue weighted by Gasteiger charge is 2.35. The summed E-state index contributed by atoms with van der Waals surface area (Å²) in [7, 11) is 0. The van der Waals surface area contributed by atoms with E-state index in [1.54, 1.807) is 0 Å². The number of rotatable bonds is 2. The van der Waals surface area contributed by atoms with Crippen molar-refractivity contribution in [3.05, 3.63) is 58.7 Å². The predicted molar refractivity (Wildman–Crippen MR) is 147 cm³/mol. The molecule has 0 unspecified atom stereocenters. The highest BCUT2D eigenvalue weighted by Crippen LogP contribution is 2.44. The molecule has 0 amide bonds. The van der Waals surface area contributed by atoms with Crippen LogP contribution in [0.5, 0.6) is 0 Å². The molecule has 2 heteroatoms. The van der Waals surface area contributed by atoms with Crippen LogP contribution in [0.3, 0.4) is 0 Å². The Morgan fingerprint density at radius 2 is 0.697 bits per heavy atom. The molecular weight excluding hydrogens is 400 g/mol. The van der Waals surface area contributed by atoms with E-state index >= 15 is 0 Å². The SMILES string of the molecule is CC(C)(C)c1cccc(C(C)(C)C)c1N1CCN(c2c(C(C)(C)C)cccc2C(C)(C)C)C1. The Hall–Kier alpha value is -1.96. The molecule has 1 aliphatic rings. The van der Waals surface area contributed by atoms with Gasteiger partial charge in [0.25, 0.3) is 0 Å². The van der Waals surface area contributed by atoms with E-state index < -0.39 is 0 Å². The fourth-order valence-electron chi connectivity index (χ4n) is 5.14. The normalized spacial score (nSPS) is 16.0. The summed E-state index contributed by atoms with van der Waals surface area (Å²) in [6.45, 7) is 31.2. The monoisotopic (exact) mass is 448 g/mol. The third kappa shape index (κ3) is 5.26. The largest absolute Gasteiger partial charge is 0.352 e. The Bertz CT molecular complexity index is 842. The van der Waals surface area contributed by atoms with Crippen molar-refractivity contribution in [1.82, 2.24) is 0 Å². The van der Waals surface area contributed by atoms with Crippen molar-refractivity contribution in [3.63, 3.8) is 0 Å². The van der Waals surface area contributed by atoms with Crippen LogP contribution in [-0.4, -0.2) is 19.8 Å². The standard InChI is InChI=1S/C31H48N2/c1-28(2,3)22-15-13-16-23(29(4,5)6)26(22)32-19-20-33(21-32)27-24(30(7,8)9)17-14-18-25(27)31(10,11)12/h13-18H,19-21H2,1-12H3. The van der Waals surface area contributed by atoms with Crippen LogP contribution >= 0.6 is 0 Å². The average molecular weight is 449 g/mol. The summed E-state index contributed by atoms with van der Waals surface area (Å²) < 4.78 is 0. The van der Waals surface area contributed by atoms with Crippen molar-refractivity contribution in [2.75, 3.05) is 29.6 Å². The lowest BCUT2D eigenvalue weighted by atomic mass is 9.78. The fourth-order valence-corrected chi connectivity index (χ4v) is 5.14. The third-order valence-corrected chi connectivity index (χ3v) is 6.92. The van der Waals surface area contributed by atoms with Gasteiger partial charge in [-0.25, -0.2) is 0 Å². The molecule has 1 aliphatic heterocycles. The Kier molecular flexibility index (Phi) is 6.50. The van der Waals surface area contributed by atoms with Crippen LogP contribution in [0, 0.1) is 0 Å². The summed E-state index contributed by atoms with van der Waals surface area (Å²) in [4.78, 5) is 5.29. The lowest BCUT2D eigenvalue weighted by molar-refractivity contribution is 0.564. The molecule has 3 rings (SSSR count). The summed E-state index contributed by atoms with van der Waals surface area (Å²) in [5.74, 6) is 0. The second-order valence-electron chi connectivity index (χ2n) is 14.1. The Balaban J connectivity index is 2.15. The second-order valence-corrected chi connectivity index (χ2v) is 14.1. The van der Waals surface area contributed by atoms with E-state index in [4.69, 9.17) is 0 Å². The van der Waals surface area contributed by atoms with E-state index in [1.165, 1.54) is 33.6 Å². The van der Waals surface area contributed by atoms with Crippen molar-refractivity contribution in [2.45, 2.75) is 105 Å². The Labute approximate surface area is 204 Å². The van der Waals surface area contributed by atoms with Crippen LogP contribution < -0.4 is 9.80 Å². The van der Waals surface area contributed by atoms with Crippen LogP contribution in [0.25, 0.3) is 0 Å². The molecule has 0 N–H and O–H groups in total. The summed E-state index contributed by atoms with van der Waals surface area (Å²) in [5.41, 5.74) is 9.13. The fraction of sp³-hybridized carbons (Fsp3) is 0.613. The van der Waals surface area contributed by atoms with Gasteiger partial charge < -0.3 is 9.80 Å². The van der Waals surface area contributed by atoms with Crippen molar-refractivity contribution in [3.8, 4) is 0 Å². The smallest absolute Gasteiger partial charge is 0.0904 e. The quantitative estimate of drug-likeness (QED) is 0.457. The summed E-state index contributed by atoms with van der Waals surface area (Å²) in [6, 6.07) is 13.9. The molecule has 0 aromatic heterocycles. The van der Waals surface area contributed by atoms with Crippen LogP contribution in [-0.2, 0) is 21.7 Å². The zero-order valence-corrected chi connectivity index (χ0v) is 23.5. The highest BCUT2D eigenvalue weighted by molar-refractivity contribution is 5.69. The van der Waals surface area contributed by atoms with Crippen LogP contribution in [0.2, 0.25) is 0 Å². The first kappa shape index (κ1) is 25.7. The van der Waals surface area contributed by atoms with Crippen LogP contribution in [0.15, 0.2) is 36.4 Å². The molecule has 2 aromatic carbocycles. The first-order valence-electron chi connectivity index (χ1n) is 12.7. The molecule has 0 spiro atoms. The third-order valence-electron chi connectivity index (χ3n) is 6.92. The molecule has 2 aromatic rings. The van der Waals surface area contributed by atoms with Crippen molar-refractivity contribution < 1.29 is 0 Å². The minimum absolute atomic E-state index is 0.101. The van der Waals surface area contributed by atoms with Gasteiger partial charge in [0.1, 0.15) is 0 Å². The van der Waals surface area contributed by atoms with Gasteiger partial charge in [0.05, 0.1) is 6.67 Å². The van der Waals surface area contributed by atoms with E-state index in [2.05, 4.69) is 129 Å². The summed E-state index contributed by atoms with van der Waals surface area (Å²) >= 11 is 0. The molecule has 0 radical (unpaired) electrons. The maximum Gasteiger partial charge on any atom is 0.0904 e. The number of anilines is 2. The van der Waals surface area contributed by atoms with Gasteiger partial charge in [0, 0.05) is 24.5 Å². The van der Waals surface area contributed by atoms with Gasteiger partial charge in [0.15, 0.2) is 0 Å². The molecule has 0 bridgehead atoms. The lowest BCUT2D eigenvalue weighted by Gasteiger charge is -2.37. The van der Waals surface area contributed by atoms with Crippen LogP contribution in [0.1, 0.15) is 105 Å². The molecule has 182 valence electrons. The molecular formula is C31H48N2. The van der Waals surface area contributed by atoms with E-state index in [9.17, 15) is 0 Å². The average Bonchev–Trinajstić information content (AvgIpc) is 3.13. The van der Waals surface area contributed by atoms with E-state index in [-0.39, 0.29) is 21.7 Å². The molecule has 1 heterocycles. The second kappa shape index (κ2) is 8.36. The number of nitrogens with zero attached hydrogens (tertiary/aromatic N) is 2. The van der Waals surface area contributed by atoms with Crippen molar-refractivity contribution in [1.29, 1.82) is 0 Å². The van der Waals surface area contributed by atoms with Gasteiger partial charge in [-0.05, 0) is 43.9 Å². The maximum absolute atomic E-state index is 2.65. The number of benzene rings is 2. The first-order chi connectivity index (χ1) is 14.9. The molecule has 2 nitrogen and oxygen atoms in total. The number of hydrogen-bond acceptors (Lipinski definition) is 2. The first-order valence-corrected chi connectivity index (χ1v) is 12.7. The molecule has 0 aliphatic carbocycles.